The molecular weight excluding hydrogens is 374 g/mol. The monoisotopic (exact) mass is 399 g/mol. The van der Waals surface area contributed by atoms with Gasteiger partial charge in [-0.15, -0.1) is 0 Å². The third-order valence-corrected chi connectivity index (χ3v) is 4.74. The highest BCUT2D eigenvalue weighted by Gasteiger charge is 2.46. The topological polar surface area (TPSA) is 106 Å². The fraction of sp³-hybridized carbons (Fsp3) is 0.429. The van der Waals surface area contributed by atoms with E-state index < -0.39 is 30.6 Å². The number of ether oxygens (including phenoxy) is 4. The molecule has 154 valence electrons. The van der Waals surface area contributed by atoms with Crippen LogP contribution in [0.15, 0.2) is 65.8 Å². The summed E-state index contributed by atoms with van der Waals surface area (Å²) in [4.78, 5) is 2.87. The van der Waals surface area contributed by atoms with Crippen molar-refractivity contribution in [3.05, 3.63) is 82.2 Å². The number of methoxy groups -OCH3 is 1. The molecule has 8 heteroatoms. The van der Waals surface area contributed by atoms with E-state index in [1.807, 2.05) is 60.7 Å². The van der Waals surface area contributed by atoms with Crippen LogP contribution < -0.4 is 0 Å². The smallest absolute Gasteiger partial charge is 0.168 e. The summed E-state index contributed by atoms with van der Waals surface area (Å²) in [5.41, 5.74) is 10.9. The zero-order valence-corrected chi connectivity index (χ0v) is 16.2. The van der Waals surface area contributed by atoms with E-state index in [0.717, 1.165) is 11.1 Å². The highest BCUT2D eigenvalue weighted by molar-refractivity contribution is 5.14. The van der Waals surface area contributed by atoms with Gasteiger partial charge in [-0.3, -0.25) is 0 Å². The van der Waals surface area contributed by atoms with Crippen molar-refractivity contribution in [2.75, 3.05) is 13.7 Å². The molecule has 3 rings (SSSR count). The SMILES string of the molecule is CO[C@@H]1O[C@H](COCc2ccccc2)[C@@H](O)[C@H](OCc2ccccc2)[C@H]1N=[N+]=[N-]. The summed E-state index contributed by atoms with van der Waals surface area (Å²) in [7, 11) is 1.46. The molecule has 2 aromatic rings. The Morgan fingerprint density at radius 1 is 1.03 bits per heavy atom. The van der Waals surface area contributed by atoms with E-state index in [0.29, 0.717) is 6.61 Å². The Bertz CT molecular complexity index is 785. The van der Waals surface area contributed by atoms with E-state index >= 15 is 0 Å². The highest BCUT2D eigenvalue weighted by Crippen LogP contribution is 2.28. The van der Waals surface area contributed by atoms with Gasteiger partial charge < -0.3 is 24.1 Å². The Morgan fingerprint density at radius 2 is 1.66 bits per heavy atom. The molecule has 0 amide bonds. The van der Waals surface area contributed by atoms with Gasteiger partial charge in [-0.05, 0) is 16.7 Å². The second-order valence-corrected chi connectivity index (χ2v) is 6.73. The molecule has 29 heavy (non-hydrogen) atoms. The van der Waals surface area contributed by atoms with Crippen LogP contribution in [0, 0.1) is 0 Å². The quantitative estimate of drug-likeness (QED) is 0.396. The molecule has 0 unspecified atom stereocenters. The van der Waals surface area contributed by atoms with Crippen LogP contribution in [0.4, 0.5) is 0 Å². The summed E-state index contributed by atoms with van der Waals surface area (Å²) in [6.07, 6.45) is -3.37. The fourth-order valence-corrected chi connectivity index (χ4v) is 3.25. The Morgan fingerprint density at radius 3 is 2.24 bits per heavy atom. The Kier molecular flexibility index (Phi) is 8.01. The molecule has 0 saturated carbocycles. The summed E-state index contributed by atoms with van der Waals surface area (Å²) >= 11 is 0. The minimum Gasteiger partial charge on any atom is -0.388 e. The van der Waals surface area contributed by atoms with Crippen molar-refractivity contribution < 1.29 is 24.1 Å². The largest absolute Gasteiger partial charge is 0.388 e. The average Bonchev–Trinajstić information content (AvgIpc) is 2.76. The number of hydrogen-bond donors (Lipinski definition) is 1. The van der Waals surface area contributed by atoms with Crippen LogP contribution in [0.25, 0.3) is 10.4 Å². The minimum absolute atomic E-state index is 0.143. The van der Waals surface area contributed by atoms with Crippen LogP contribution in [0.1, 0.15) is 11.1 Å². The predicted octanol–water partition coefficient (Wildman–Crippen LogP) is 3.20. The second kappa shape index (κ2) is 10.9. The van der Waals surface area contributed by atoms with E-state index in [2.05, 4.69) is 10.0 Å². The molecule has 1 saturated heterocycles. The maximum atomic E-state index is 10.8. The first kappa shape index (κ1) is 21.3. The molecule has 1 aliphatic heterocycles. The summed E-state index contributed by atoms with van der Waals surface area (Å²) in [6.45, 7) is 0.790. The standard InChI is InChI=1S/C21H25N3O5/c1-26-21-18(23-24-22)20(28-13-16-10-6-3-7-11-16)19(25)17(29-21)14-27-12-15-8-4-2-5-9-15/h2-11,17-21,25H,12-14H2,1H3/t17-,18-,19-,20-,21-/m1/s1. The van der Waals surface area contributed by atoms with Crippen molar-refractivity contribution in [3.63, 3.8) is 0 Å². The summed E-state index contributed by atoms with van der Waals surface area (Å²) < 4.78 is 22.8. The number of azide groups is 1. The van der Waals surface area contributed by atoms with E-state index in [9.17, 15) is 5.11 Å². The fourth-order valence-electron chi connectivity index (χ4n) is 3.25. The maximum absolute atomic E-state index is 10.8. The van der Waals surface area contributed by atoms with E-state index in [1.165, 1.54) is 7.11 Å². The third kappa shape index (κ3) is 5.77. The van der Waals surface area contributed by atoms with Gasteiger partial charge in [0.05, 0.1) is 25.9 Å². The van der Waals surface area contributed by atoms with Gasteiger partial charge >= 0.3 is 0 Å². The third-order valence-electron chi connectivity index (χ3n) is 4.74. The number of aliphatic hydroxyl groups excluding tert-OH is 1. The van der Waals surface area contributed by atoms with Gasteiger partial charge in [-0.2, -0.15) is 0 Å². The normalized spacial score (nSPS) is 26.6. The summed E-state index contributed by atoms with van der Waals surface area (Å²) in [5, 5.41) is 14.6. The Hall–Kier alpha value is -2.45. The van der Waals surface area contributed by atoms with Gasteiger partial charge in [0.15, 0.2) is 6.29 Å². The average molecular weight is 399 g/mol. The maximum Gasteiger partial charge on any atom is 0.168 e. The lowest BCUT2D eigenvalue weighted by atomic mass is 9.97. The number of rotatable bonds is 9. The minimum atomic E-state index is -1.05. The Balaban J connectivity index is 1.67. The molecule has 5 atom stereocenters. The molecule has 1 fully saturated rings. The van der Waals surface area contributed by atoms with Gasteiger partial charge in [-0.1, -0.05) is 65.8 Å². The molecule has 1 heterocycles. The summed E-state index contributed by atoms with van der Waals surface area (Å²) in [5.74, 6) is 0. The molecule has 0 radical (unpaired) electrons. The van der Waals surface area contributed by atoms with Crippen LogP contribution in [0.2, 0.25) is 0 Å². The first-order valence-corrected chi connectivity index (χ1v) is 9.40. The van der Waals surface area contributed by atoms with Crippen molar-refractivity contribution in [2.45, 2.75) is 43.9 Å². The molecule has 0 aliphatic carbocycles. The molecule has 1 aliphatic rings. The number of aliphatic hydroxyl groups is 1. The van der Waals surface area contributed by atoms with Gasteiger partial charge in [0, 0.05) is 12.0 Å². The molecule has 2 aromatic carbocycles. The van der Waals surface area contributed by atoms with Crippen LogP contribution >= 0.6 is 0 Å². The van der Waals surface area contributed by atoms with Gasteiger partial charge in [0.1, 0.15) is 18.2 Å². The van der Waals surface area contributed by atoms with Crippen LogP contribution in [-0.2, 0) is 32.2 Å². The first-order valence-electron chi connectivity index (χ1n) is 9.40. The molecular formula is C21H25N3O5. The van der Waals surface area contributed by atoms with Gasteiger partial charge in [0.25, 0.3) is 0 Å². The van der Waals surface area contributed by atoms with Crippen molar-refractivity contribution in [1.82, 2.24) is 0 Å². The van der Waals surface area contributed by atoms with Crippen molar-refractivity contribution in [2.24, 2.45) is 5.11 Å². The summed E-state index contributed by atoms with van der Waals surface area (Å²) in [6, 6.07) is 18.5. The number of nitrogens with zero attached hydrogens (tertiary/aromatic N) is 3. The lowest BCUT2D eigenvalue weighted by Gasteiger charge is -2.42. The predicted molar refractivity (Wildman–Crippen MR) is 106 cm³/mol. The second-order valence-electron chi connectivity index (χ2n) is 6.73. The van der Waals surface area contributed by atoms with Crippen molar-refractivity contribution >= 4 is 0 Å². The van der Waals surface area contributed by atoms with Crippen LogP contribution in [0.3, 0.4) is 0 Å². The lowest BCUT2D eigenvalue weighted by Crippen LogP contribution is -2.59. The zero-order valence-electron chi connectivity index (χ0n) is 16.2. The van der Waals surface area contributed by atoms with Crippen LogP contribution in [-0.4, -0.2) is 49.5 Å². The molecule has 0 spiro atoms. The van der Waals surface area contributed by atoms with E-state index in [4.69, 9.17) is 24.5 Å². The van der Waals surface area contributed by atoms with Gasteiger partial charge in [-0.25, -0.2) is 0 Å². The van der Waals surface area contributed by atoms with Gasteiger partial charge in [0.2, 0.25) is 0 Å². The molecule has 0 bridgehead atoms. The van der Waals surface area contributed by atoms with Crippen molar-refractivity contribution in [1.29, 1.82) is 0 Å². The Labute approximate surface area is 169 Å². The molecule has 0 aromatic heterocycles. The van der Waals surface area contributed by atoms with Crippen LogP contribution in [0.5, 0.6) is 0 Å². The van der Waals surface area contributed by atoms with E-state index in [-0.39, 0.29) is 13.2 Å². The van der Waals surface area contributed by atoms with Crippen molar-refractivity contribution in [3.8, 4) is 0 Å². The number of hydrogen-bond acceptors (Lipinski definition) is 6. The molecule has 1 N–H and O–H groups in total. The lowest BCUT2D eigenvalue weighted by molar-refractivity contribution is -0.270. The number of benzene rings is 2. The zero-order chi connectivity index (χ0) is 20.5. The molecule has 8 nitrogen and oxygen atoms in total. The van der Waals surface area contributed by atoms with E-state index in [1.54, 1.807) is 0 Å². The first-order chi connectivity index (χ1) is 14.2. The highest BCUT2D eigenvalue weighted by atomic mass is 16.7.